The second-order valence-corrected chi connectivity index (χ2v) is 9.02. The van der Waals surface area contributed by atoms with E-state index in [1.807, 2.05) is 36.4 Å². The monoisotopic (exact) mass is 450 g/mol. The summed E-state index contributed by atoms with van der Waals surface area (Å²) in [5.41, 5.74) is 5.01. The first kappa shape index (κ1) is 23.6. The molecule has 0 saturated heterocycles. The second kappa shape index (κ2) is 12.6. The lowest BCUT2D eigenvalue weighted by molar-refractivity contribution is 0.255. The summed E-state index contributed by atoms with van der Waals surface area (Å²) in [6.45, 7) is 3.40. The van der Waals surface area contributed by atoms with E-state index < -0.39 is 0 Å². The van der Waals surface area contributed by atoms with Crippen molar-refractivity contribution in [2.75, 3.05) is 0 Å². The van der Waals surface area contributed by atoms with Gasteiger partial charge in [-0.15, -0.1) is 0 Å². The van der Waals surface area contributed by atoms with Crippen LogP contribution in [0.5, 0.6) is 11.5 Å². The Morgan fingerprint density at radius 3 is 1.68 bits per heavy atom. The molecule has 174 valence electrons. The van der Waals surface area contributed by atoms with Crippen molar-refractivity contribution in [1.82, 2.24) is 0 Å². The predicted molar refractivity (Wildman–Crippen MR) is 140 cm³/mol. The van der Waals surface area contributed by atoms with Crippen molar-refractivity contribution < 1.29 is 9.47 Å². The summed E-state index contributed by atoms with van der Waals surface area (Å²) in [6, 6.07) is 37.7. The minimum atomic E-state index is 0.527. The number of aryl methyl sites for hydroxylation is 1. The minimum absolute atomic E-state index is 0.527. The molecule has 0 heterocycles. The summed E-state index contributed by atoms with van der Waals surface area (Å²) in [7, 11) is 0. The highest BCUT2D eigenvalue weighted by molar-refractivity contribution is 5.43. The first-order valence-electron chi connectivity index (χ1n) is 12.3. The highest BCUT2D eigenvalue weighted by Crippen LogP contribution is 2.31. The highest BCUT2D eigenvalue weighted by Gasteiger charge is 2.10. The summed E-state index contributed by atoms with van der Waals surface area (Å²) < 4.78 is 12.4. The van der Waals surface area contributed by atoms with Gasteiger partial charge in [-0.3, -0.25) is 0 Å². The highest BCUT2D eigenvalue weighted by atomic mass is 16.5. The Hall–Kier alpha value is -3.52. The summed E-state index contributed by atoms with van der Waals surface area (Å²) in [4.78, 5) is 0. The molecule has 0 saturated carbocycles. The number of hydrogen-bond donors (Lipinski definition) is 0. The molecule has 0 fully saturated rings. The Bertz CT molecular complexity index is 1110. The summed E-state index contributed by atoms with van der Waals surface area (Å²) in [5.74, 6) is 2.28. The van der Waals surface area contributed by atoms with Gasteiger partial charge in [0.15, 0.2) is 11.5 Å². The van der Waals surface area contributed by atoms with Gasteiger partial charge in [0.25, 0.3) is 0 Å². The van der Waals surface area contributed by atoms with Gasteiger partial charge in [0, 0.05) is 0 Å². The molecule has 2 heteroatoms. The zero-order valence-corrected chi connectivity index (χ0v) is 20.0. The van der Waals surface area contributed by atoms with Gasteiger partial charge in [-0.1, -0.05) is 110 Å². The van der Waals surface area contributed by atoms with E-state index >= 15 is 0 Å². The molecule has 4 aromatic rings. The van der Waals surface area contributed by atoms with Crippen molar-refractivity contribution in [3.05, 3.63) is 131 Å². The van der Waals surface area contributed by atoms with Crippen molar-refractivity contribution in [1.29, 1.82) is 0 Å². The van der Waals surface area contributed by atoms with E-state index in [4.69, 9.17) is 9.47 Å². The lowest BCUT2D eigenvalue weighted by Crippen LogP contribution is -2.02. The minimum Gasteiger partial charge on any atom is -0.485 e. The number of ether oxygens (including phenoxy) is 2. The van der Waals surface area contributed by atoms with E-state index in [1.54, 1.807) is 0 Å². The third kappa shape index (κ3) is 7.52. The van der Waals surface area contributed by atoms with Gasteiger partial charge in [0.1, 0.15) is 13.2 Å². The zero-order valence-electron chi connectivity index (χ0n) is 20.0. The molecule has 0 amide bonds. The molecule has 4 aromatic carbocycles. The second-order valence-electron chi connectivity index (χ2n) is 9.02. The van der Waals surface area contributed by atoms with Crippen molar-refractivity contribution in [2.45, 2.75) is 45.8 Å². The van der Waals surface area contributed by atoms with Crippen LogP contribution in [-0.4, -0.2) is 0 Å². The van der Waals surface area contributed by atoms with Crippen LogP contribution in [-0.2, 0) is 26.1 Å². The molecule has 0 aromatic heterocycles. The van der Waals surface area contributed by atoms with Gasteiger partial charge in [0.2, 0.25) is 0 Å². The third-order valence-corrected chi connectivity index (χ3v) is 6.07. The molecule has 0 N–H and O–H groups in total. The standard InChI is InChI=1S/C32H34O2/c1-26(22-27-13-5-2-6-14-27)12-11-19-28-20-21-31(33-24-29-15-7-3-8-16-29)32(23-28)34-25-30-17-9-4-10-18-30/h2-10,13-18,20-21,23,26H,11-12,19,22,24-25H2,1H3. The Kier molecular flexibility index (Phi) is 8.79. The molecule has 1 atom stereocenters. The average Bonchev–Trinajstić information content (AvgIpc) is 2.88. The van der Waals surface area contributed by atoms with E-state index in [0.29, 0.717) is 19.1 Å². The first-order valence-corrected chi connectivity index (χ1v) is 12.3. The van der Waals surface area contributed by atoms with Crippen LogP contribution in [0.25, 0.3) is 0 Å². The van der Waals surface area contributed by atoms with Crippen LogP contribution < -0.4 is 9.47 Å². The fourth-order valence-electron chi connectivity index (χ4n) is 4.18. The number of hydrogen-bond acceptors (Lipinski definition) is 2. The third-order valence-electron chi connectivity index (χ3n) is 6.07. The molecule has 4 rings (SSSR count). The van der Waals surface area contributed by atoms with E-state index in [2.05, 4.69) is 79.7 Å². The molecule has 0 spiro atoms. The SMILES string of the molecule is CC(CCCc1ccc(OCc2ccccc2)c(OCc2ccccc2)c1)Cc1ccccc1. The normalized spacial score (nSPS) is 11.7. The summed E-state index contributed by atoms with van der Waals surface area (Å²) in [6.07, 6.45) is 4.55. The Labute approximate surface area is 204 Å². The topological polar surface area (TPSA) is 18.5 Å². The van der Waals surface area contributed by atoms with E-state index in [9.17, 15) is 0 Å². The summed E-state index contributed by atoms with van der Waals surface area (Å²) in [5, 5.41) is 0. The maximum Gasteiger partial charge on any atom is 0.161 e. The van der Waals surface area contributed by atoms with Crippen LogP contribution in [0.3, 0.4) is 0 Å². The molecule has 0 aliphatic rings. The zero-order chi connectivity index (χ0) is 23.4. The van der Waals surface area contributed by atoms with Gasteiger partial charge in [-0.2, -0.15) is 0 Å². The van der Waals surface area contributed by atoms with E-state index in [1.165, 1.54) is 17.5 Å². The maximum absolute atomic E-state index is 6.23. The molecule has 1 unspecified atom stereocenters. The molecular weight excluding hydrogens is 416 g/mol. The van der Waals surface area contributed by atoms with Crippen molar-refractivity contribution in [3.8, 4) is 11.5 Å². The van der Waals surface area contributed by atoms with Gasteiger partial charge in [0.05, 0.1) is 0 Å². The largest absolute Gasteiger partial charge is 0.485 e. The molecule has 2 nitrogen and oxygen atoms in total. The van der Waals surface area contributed by atoms with Crippen LogP contribution in [0.2, 0.25) is 0 Å². The first-order chi connectivity index (χ1) is 16.8. The van der Waals surface area contributed by atoms with E-state index in [0.717, 1.165) is 41.9 Å². The Balaban J connectivity index is 1.37. The predicted octanol–water partition coefficient (Wildman–Crippen LogP) is 8.05. The molecule has 0 radical (unpaired) electrons. The molecule has 34 heavy (non-hydrogen) atoms. The van der Waals surface area contributed by atoms with Crippen LogP contribution in [0.15, 0.2) is 109 Å². The Morgan fingerprint density at radius 2 is 1.09 bits per heavy atom. The Morgan fingerprint density at radius 1 is 0.559 bits per heavy atom. The quantitative estimate of drug-likeness (QED) is 0.217. The van der Waals surface area contributed by atoms with Crippen molar-refractivity contribution in [3.63, 3.8) is 0 Å². The van der Waals surface area contributed by atoms with Gasteiger partial charge in [-0.25, -0.2) is 0 Å². The van der Waals surface area contributed by atoms with Crippen LogP contribution in [0.1, 0.15) is 42.0 Å². The number of rotatable bonds is 12. The fraction of sp³-hybridized carbons (Fsp3) is 0.250. The lowest BCUT2D eigenvalue weighted by atomic mass is 9.95. The lowest BCUT2D eigenvalue weighted by Gasteiger charge is -2.15. The van der Waals surface area contributed by atoms with Crippen LogP contribution in [0.4, 0.5) is 0 Å². The average molecular weight is 451 g/mol. The van der Waals surface area contributed by atoms with Crippen LogP contribution >= 0.6 is 0 Å². The summed E-state index contributed by atoms with van der Waals surface area (Å²) >= 11 is 0. The van der Waals surface area contributed by atoms with Gasteiger partial charge < -0.3 is 9.47 Å². The fourth-order valence-corrected chi connectivity index (χ4v) is 4.18. The molecule has 0 aliphatic carbocycles. The van der Waals surface area contributed by atoms with Crippen molar-refractivity contribution >= 4 is 0 Å². The van der Waals surface area contributed by atoms with Gasteiger partial charge in [-0.05, 0) is 59.6 Å². The molecule has 0 bridgehead atoms. The molecular formula is C32H34O2. The maximum atomic E-state index is 6.23. The number of benzene rings is 4. The van der Waals surface area contributed by atoms with Crippen molar-refractivity contribution in [2.24, 2.45) is 5.92 Å². The van der Waals surface area contributed by atoms with Gasteiger partial charge >= 0.3 is 0 Å². The molecule has 0 aliphatic heterocycles. The van der Waals surface area contributed by atoms with Crippen LogP contribution in [0, 0.1) is 5.92 Å². The van der Waals surface area contributed by atoms with E-state index in [-0.39, 0.29) is 0 Å². The smallest absolute Gasteiger partial charge is 0.161 e.